The van der Waals surface area contributed by atoms with Gasteiger partial charge in [-0.3, -0.25) is 0 Å². The first-order valence-corrected chi connectivity index (χ1v) is 10.8. The van der Waals surface area contributed by atoms with Gasteiger partial charge in [-0.1, -0.05) is 44.0 Å². The molecule has 0 aliphatic carbocycles. The Bertz CT molecular complexity index is 662. The van der Waals surface area contributed by atoms with Crippen molar-refractivity contribution in [1.82, 2.24) is 0 Å². The number of hydrogen-bond acceptors (Lipinski definition) is 4. The summed E-state index contributed by atoms with van der Waals surface area (Å²) in [5.41, 5.74) is 5.59. The molecule has 0 N–H and O–H groups in total. The molecule has 0 aromatic heterocycles. The van der Waals surface area contributed by atoms with E-state index in [0.29, 0.717) is 0 Å². The second-order valence-corrected chi connectivity index (χ2v) is 9.30. The van der Waals surface area contributed by atoms with E-state index in [1.807, 2.05) is 22.0 Å². The van der Waals surface area contributed by atoms with Crippen LogP contribution in [-0.2, 0) is 12.8 Å². The summed E-state index contributed by atoms with van der Waals surface area (Å²) in [7, 11) is 3.68. The molecule has 2 heterocycles. The highest BCUT2D eigenvalue weighted by Crippen LogP contribution is 2.44. The number of hydrogen-bond donors (Lipinski definition) is 0. The Morgan fingerprint density at radius 2 is 1.18 bits per heavy atom. The van der Waals surface area contributed by atoms with Crippen LogP contribution in [-0.4, -0.2) is 13.1 Å². The van der Waals surface area contributed by atoms with Crippen LogP contribution in [0.25, 0.3) is 0 Å². The second kappa shape index (κ2) is 6.30. The van der Waals surface area contributed by atoms with Crippen molar-refractivity contribution in [3.63, 3.8) is 0 Å². The van der Waals surface area contributed by atoms with Crippen LogP contribution in [0.3, 0.4) is 0 Å². The molecular formula is C16H14Br2N2S2. The van der Waals surface area contributed by atoms with Gasteiger partial charge in [-0.15, -0.1) is 0 Å². The van der Waals surface area contributed by atoms with Crippen molar-refractivity contribution in [3.8, 4) is 0 Å². The Morgan fingerprint density at radius 1 is 0.727 bits per heavy atom. The summed E-state index contributed by atoms with van der Waals surface area (Å²) in [4.78, 5) is 0. The van der Waals surface area contributed by atoms with E-state index in [2.05, 4.69) is 76.9 Å². The van der Waals surface area contributed by atoms with Crippen LogP contribution in [0, 0.1) is 0 Å². The van der Waals surface area contributed by atoms with Crippen molar-refractivity contribution in [2.45, 2.75) is 12.8 Å². The molecule has 2 aromatic carbocycles. The normalized spacial score (nSPS) is 16.1. The molecule has 2 aliphatic heterocycles. The van der Waals surface area contributed by atoms with Crippen molar-refractivity contribution in [2.24, 2.45) is 0 Å². The third kappa shape index (κ3) is 2.90. The maximum Gasteiger partial charge on any atom is 0.0522 e. The lowest BCUT2D eigenvalue weighted by Gasteiger charge is -2.22. The van der Waals surface area contributed by atoms with Crippen LogP contribution in [0.15, 0.2) is 45.3 Å². The Balaban J connectivity index is 1.48. The molecule has 6 heteroatoms. The van der Waals surface area contributed by atoms with Crippen molar-refractivity contribution >= 4 is 65.2 Å². The zero-order chi connectivity index (χ0) is 15.1. The van der Waals surface area contributed by atoms with Gasteiger partial charge in [0.15, 0.2) is 0 Å². The van der Waals surface area contributed by atoms with Crippen LogP contribution in [0.5, 0.6) is 0 Å². The summed E-state index contributed by atoms with van der Waals surface area (Å²) in [5, 5.41) is 0. The quantitative estimate of drug-likeness (QED) is 0.421. The Labute approximate surface area is 155 Å². The van der Waals surface area contributed by atoms with Crippen molar-refractivity contribution < 1.29 is 0 Å². The molecule has 0 bridgehead atoms. The van der Waals surface area contributed by atoms with E-state index in [1.165, 1.54) is 22.5 Å². The fourth-order valence-corrected chi connectivity index (χ4v) is 5.98. The SMILES string of the molecule is Brc1ccc2c(c1)N(SSN1CCc3ccc(Br)cc31)CC2. The van der Waals surface area contributed by atoms with Crippen molar-refractivity contribution in [3.05, 3.63) is 56.5 Å². The van der Waals surface area contributed by atoms with Crippen LogP contribution in [0.2, 0.25) is 0 Å². The fraction of sp³-hybridized carbons (Fsp3) is 0.250. The second-order valence-electron chi connectivity index (χ2n) is 5.40. The highest BCUT2D eigenvalue weighted by atomic mass is 79.9. The average Bonchev–Trinajstić information content (AvgIpc) is 3.08. The molecule has 0 amide bonds. The minimum absolute atomic E-state index is 1.09. The molecular weight excluding hydrogens is 444 g/mol. The molecule has 0 fully saturated rings. The van der Waals surface area contributed by atoms with Crippen LogP contribution >= 0.6 is 53.8 Å². The molecule has 2 nitrogen and oxygen atoms in total. The van der Waals surface area contributed by atoms with Gasteiger partial charge in [0.2, 0.25) is 0 Å². The third-order valence-electron chi connectivity index (χ3n) is 4.01. The summed E-state index contributed by atoms with van der Waals surface area (Å²) >= 11 is 7.16. The molecule has 114 valence electrons. The molecule has 0 saturated carbocycles. The molecule has 2 aromatic rings. The fourth-order valence-electron chi connectivity index (χ4n) is 2.88. The molecule has 0 unspecified atom stereocenters. The monoisotopic (exact) mass is 456 g/mol. The van der Waals surface area contributed by atoms with Crippen molar-refractivity contribution in [2.75, 3.05) is 21.7 Å². The number of halogens is 2. The first kappa shape index (κ1) is 15.2. The maximum absolute atomic E-state index is 3.58. The molecule has 4 rings (SSSR count). The van der Waals surface area contributed by atoms with Crippen LogP contribution in [0.4, 0.5) is 11.4 Å². The van der Waals surface area contributed by atoms with E-state index < -0.39 is 0 Å². The molecule has 2 aliphatic rings. The Morgan fingerprint density at radius 3 is 1.64 bits per heavy atom. The minimum atomic E-state index is 1.09. The van der Waals surface area contributed by atoms with Gasteiger partial charge < -0.3 is 8.61 Å². The summed E-state index contributed by atoms with van der Waals surface area (Å²) in [5.74, 6) is 0. The molecule has 0 radical (unpaired) electrons. The highest BCUT2D eigenvalue weighted by molar-refractivity contribution is 9.10. The summed E-state index contributed by atoms with van der Waals surface area (Å²) in [6.07, 6.45) is 2.27. The minimum Gasteiger partial charge on any atom is -0.305 e. The predicted octanol–water partition coefficient (Wildman–Crippen LogP) is 5.85. The van der Waals surface area contributed by atoms with Crippen molar-refractivity contribution in [1.29, 1.82) is 0 Å². The van der Waals surface area contributed by atoms with E-state index in [9.17, 15) is 0 Å². The van der Waals surface area contributed by atoms with Crippen LogP contribution in [0.1, 0.15) is 11.1 Å². The highest BCUT2D eigenvalue weighted by Gasteiger charge is 2.24. The lowest BCUT2D eigenvalue weighted by atomic mass is 10.2. The van der Waals surface area contributed by atoms with Gasteiger partial charge in [-0.05, 0) is 48.2 Å². The zero-order valence-electron chi connectivity index (χ0n) is 11.8. The predicted molar refractivity (Wildman–Crippen MR) is 106 cm³/mol. The topological polar surface area (TPSA) is 6.48 Å². The van der Waals surface area contributed by atoms with Gasteiger partial charge in [0.25, 0.3) is 0 Å². The Kier molecular flexibility index (Phi) is 4.37. The third-order valence-corrected chi connectivity index (χ3v) is 7.47. The van der Waals surface area contributed by atoms with Gasteiger partial charge in [0, 0.05) is 44.0 Å². The van der Waals surface area contributed by atoms with E-state index in [1.54, 1.807) is 0 Å². The first-order chi connectivity index (χ1) is 10.7. The number of benzene rings is 2. The summed E-state index contributed by atoms with van der Waals surface area (Å²) in [6, 6.07) is 13.2. The van der Waals surface area contributed by atoms with Gasteiger partial charge >= 0.3 is 0 Å². The molecule has 0 atom stereocenters. The molecule has 0 saturated heterocycles. The lowest BCUT2D eigenvalue weighted by Crippen LogP contribution is -2.14. The molecule has 22 heavy (non-hydrogen) atoms. The van der Waals surface area contributed by atoms with E-state index in [0.717, 1.165) is 34.9 Å². The first-order valence-electron chi connectivity index (χ1n) is 7.17. The smallest absolute Gasteiger partial charge is 0.0522 e. The number of fused-ring (bicyclic) bond motifs is 2. The van der Waals surface area contributed by atoms with Gasteiger partial charge in [0.05, 0.1) is 11.4 Å². The number of rotatable bonds is 3. The average molecular weight is 458 g/mol. The van der Waals surface area contributed by atoms with Gasteiger partial charge in [0.1, 0.15) is 0 Å². The Hall–Kier alpha value is -0.300. The summed E-state index contributed by atoms with van der Waals surface area (Å²) in [6.45, 7) is 2.17. The maximum atomic E-state index is 3.58. The lowest BCUT2D eigenvalue weighted by molar-refractivity contribution is 1.05. The zero-order valence-corrected chi connectivity index (χ0v) is 16.6. The largest absolute Gasteiger partial charge is 0.305 e. The van der Waals surface area contributed by atoms with E-state index in [-0.39, 0.29) is 0 Å². The summed E-state index contributed by atoms with van der Waals surface area (Å²) < 4.78 is 7.11. The van der Waals surface area contributed by atoms with Crippen LogP contribution < -0.4 is 8.61 Å². The van der Waals surface area contributed by atoms with Gasteiger partial charge in [-0.2, -0.15) is 0 Å². The standard InChI is InChI=1S/C16H14Br2N2S2/c17-13-3-1-11-5-7-19(15(11)9-13)21-22-20-8-6-12-2-4-14(18)10-16(12)20/h1-4,9-10H,5-8H2. The molecule has 0 spiro atoms. The van der Waals surface area contributed by atoms with E-state index >= 15 is 0 Å². The number of nitrogens with zero attached hydrogens (tertiary/aromatic N) is 2. The van der Waals surface area contributed by atoms with Gasteiger partial charge in [-0.25, -0.2) is 0 Å². The number of anilines is 2. The van der Waals surface area contributed by atoms with E-state index in [4.69, 9.17) is 0 Å².